The number of pyridine rings is 1. The summed E-state index contributed by atoms with van der Waals surface area (Å²) in [6, 6.07) is 9.46. The smallest absolute Gasteiger partial charge is 0.340 e. The fourth-order valence-electron chi connectivity index (χ4n) is 4.09. The molecule has 0 bridgehead atoms. The molecule has 4 rings (SSSR count). The molecular formula is C23H25N3O3. The van der Waals surface area contributed by atoms with Gasteiger partial charge in [0.25, 0.3) is 0 Å². The Labute approximate surface area is 169 Å². The van der Waals surface area contributed by atoms with Crippen LogP contribution in [0.3, 0.4) is 0 Å². The first kappa shape index (κ1) is 19.3. The van der Waals surface area contributed by atoms with Crippen molar-refractivity contribution < 1.29 is 14.3 Å². The normalized spacial score (nSPS) is 14.8. The largest absolute Gasteiger partial charge is 0.454 e. The Hall–Kier alpha value is -3.02. The van der Waals surface area contributed by atoms with Crippen molar-refractivity contribution in [3.63, 3.8) is 0 Å². The molecule has 0 spiro atoms. The first-order valence-electron chi connectivity index (χ1n) is 10.1. The van der Waals surface area contributed by atoms with Gasteiger partial charge >= 0.3 is 5.97 Å². The Morgan fingerprint density at radius 3 is 2.55 bits per heavy atom. The Morgan fingerprint density at radius 2 is 1.83 bits per heavy atom. The lowest BCUT2D eigenvalue weighted by molar-refractivity contribution is 0.0474. The van der Waals surface area contributed by atoms with E-state index in [4.69, 9.17) is 4.74 Å². The highest BCUT2D eigenvalue weighted by Crippen LogP contribution is 2.32. The van der Waals surface area contributed by atoms with E-state index in [2.05, 4.69) is 10.1 Å². The number of aryl methyl sites for hydroxylation is 2. The summed E-state index contributed by atoms with van der Waals surface area (Å²) in [5, 5.41) is 5.09. The molecule has 1 fully saturated rings. The summed E-state index contributed by atoms with van der Waals surface area (Å²) < 4.78 is 6.90. The molecule has 0 N–H and O–H groups in total. The second-order valence-electron chi connectivity index (χ2n) is 7.76. The summed E-state index contributed by atoms with van der Waals surface area (Å²) in [4.78, 5) is 29.1. The maximum Gasteiger partial charge on any atom is 0.340 e. The van der Waals surface area contributed by atoms with Crippen LogP contribution in [0.15, 0.2) is 36.5 Å². The molecule has 0 atom stereocenters. The zero-order chi connectivity index (χ0) is 20.4. The van der Waals surface area contributed by atoms with Gasteiger partial charge in [-0.1, -0.05) is 43.5 Å². The van der Waals surface area contributed by atoms with E-state index in [-0.39, 0.29) is 12.4 Å². The minimum absolute atomic E-state index is 0.208. The number of esters is 1. The Bertz CT molecular complexity index is 1050. The number of ether oxygens (including phenoxy) is 1. The van der Waals surface area contributed by atoms with Gasteiger partial charge < -0.3 is 4.74 Å². The molecular weight excluding hydrogens is 366 g/mol. The minimum atomic E-state index is -0.560. The van der Waals surface area contributed by atoms with Gasteiger partial charge in [-0.3, -0.25) is 9.48 Å². The number of hydrogen-bond acceptors (Lipinski definition) is 5. The zero-order valence-electron chi connectivity index (χ0n) is 16.9. The molecule has 3 aromatic rings. The monoisotopic (exact) mass is 391 g/mol. The fourth-order valence-corrected chi connectivity index (χ4v) is 4.09. The number of carbonyl (C=O) groups is 2. The molecule has 0 saturated heterocycles. The van der Waals surface area contributed by atoms with Gasteiger partial charge in [-0.15, -0.1) is 0 Å². The van der Waals surface area contributed by atoms with Crippen LogP contribution in [0.1, 0.15) is 70.0 Å². The number of carbonyl (C=O) groups excluding carboxylic acids is 2. The van der Waals surface area contributed by atoms with Gasteiger partial charge in [0, 0.05) is 24.2 Å². The summed E-state index contributed by atoms with van der Waals surface area (Å²) in [7, 11) is 1.80. The predicted octanol–water partition coefficient (Wildman–Crippen LogP) is 4.36. The molecule has 0 aliphatic heterocycles. The number of hydrogen-bond donors (Lipinski definition) is 0. The van der Waals surface area contributed by atoms with Crippen molar-refractivity contribution in [2.24, 2.45) is 7.05 Å². The van der Waals surface area contributed by atoms with E-state index in [0.717, 1.165) is 11.1 Å². The first-order chi connectivity index (χ1) is 14.0. The van der Waals surface area contributed by atoms with Gasteiger partial charge in [0.05, 0.1) is 11.3 Å². The van der Waals surface area contributed by atoms with E-state index in [0.29, 0.717) is 22.7 Å². The van der Waals surface area contributed by atoms with E-state index in [1.54, 1.807) is 17.8 Å². The Morgan fingerprint density at radius 1 is 1.10 bits per heavy atom. The minimum Gasteiger partial charge on any atom is -0.454 e. The number of benzene rings is 1. The van der Waals surface area contributed by atoms with E-state index >= 15 is 0 Å². The molecule has 0 amide bonds. The molecule has 0 radical (unpaired) electrons. The van der Waals surface area contributed by atoms with Gasteiger partial charge in [0.15, 0.2) is 18.0 Å². The van der Waals surface area contributed by atoms with Crippen molar-refractivity contribution in [1.82, 2.24) is 14.8 Å². The van der Waals surface area contributed by atoms with Crippen molar-refractivity contribution in [3.8, 4) is 0 Å². The van der Waals surface area contributed by atoms with Crippen LogP contribution in [0.4, 0.5) is 0 Å². The number of ketones is 1. The van der Waals surface area contributed by atoms with Crippen molar-refractivity contribution in [2.75, 3.05) is 6.61 Å². The molecule has 6 heteroatoms. The molecule has 1 saturated carbocycles. The lowest BCUT2D eigenvalue weighted by atomic mass is 9.84. The lowest BCUT2D eigenvalue weighted by Crippen LogP contribution is -2.14. The molecule has 1 aromatic carbocycles. The van der Waals surface area contributed by atoms with E-state index < -0.39 is 5.97 Å². The summed E-state index contributed by atoms with van der Waals surface area (Å²) in [6.45, 7) is 1.57. The zero-order valence-corrected chi connectivity index (χ0v) is 16.9. The molecule has 2 aromatic heterocycles. The average molecular weight is 391 g/mol. The second-order valence-corrected chi connectivity index (χ2v) is 7.76. The van der Waals surface area contributed by atoms with Crippen LogP contribution in [0, 0.1) is 6.92 Å². The molecule has 2 heterocycles. The Balaban J connectivity index is 1.38. The fraction of sp³-hybridized carbons (Fsp3) is 0.391. The quantitative estimate of drug-likeness (QED) is 0.477. The number of aromatic nitrogens is 3. The van der Waals surface area contributed by atoms with Crippen LogP contribution >= 0.6 is 0 Å². The van der Waals surface area contributed by atoms with Crippen molar-refractivity contribution in [1.29, 1.82) is 0 Å². The van der Waals surface area contributed by atoms with Crippen LogP contribution in [0.25, 0.3) is 11.0 Å². The van der Waals surface area contributed by atoms with Gasteiger partial charge in [0.1, 0.15) is 0 Å². The topological polar surface area (TPSA) is 74.1 Å². The van der Waals surface area contributed by atoms with Crippen LogP contribution in [0.2, 0.25) is 0 Å². The molecule has 150 valence electrons. The highest BCUT2D eigenvalue weighted by atomic mass is 16.5. The third-order valence-corrected chi connectivity index (χ3v) is 5.74. The lowest BCUT2D eigenvalue weighted by Gasteiger charge is -2.22. The Kier molecular flexibility index (Phi) is 5.43. The molecule has 29 heavy (non-hydrogen) atoms. The van der Waals surface area contributed by atoms with E-state index in [1.807, 2.05) is 31.2 Å². The molecule has 1 aliphatic rings. The summed E-state index contributed by atoms with van der Waals surface area (Å²) >= 11 is 0. The average Bonchev–Trinajstić information content (AvgIpc) is 3.05. The van der Waals surface area contributed by atoms with Crippen LogP contribution in [-0.4, -0.2) is 33.1 Å². The van der Waals surface area contributed by atoms with Gasteiger partial charge in [0.2, 0.25) is 0 Å². The SMILES string of the molecule is Cc1nn(C)c2ncc(C(=O)OCC(=O)c3ccc(C4CCCCC4)cc3)cc12. The molecule has 1 aliphatic carbocycles. The van der Waals surface area contributed by atoms with Crippen molar-refractivity contribution >= 4 is 22.8 Å². The highest BCUT2D eigenvalue weighted by Gasteiger charge is 2.17. The van der Waals surface area contributed by atoms with Crippen molar-refractivity contribution in [3.05, 3.63) is 58.9 Å². The number of rotatable bonds is 5. The maximum atomic E-state index is 12.4. The van der Waals surface area contributed by atoms with E-state index in [1.165, 1.54) is 43.9 Å². The second kappa shape index (κ2) is 8.15. The molecule has 0 unspecified atom stereocenters. The number of fused-ring (bicyclic) bond motifs is 1. The third kappa shape index (κ3) is 4.06. The third-order valence-electron chi connectivity index (χ3n) is 5.74. The van der Waals surface area contributed by atoms with E-state index in [9.17, 15) is 9.59 Å². The molecule has 6 nitrogen and oxygen atoms in total. The number of Topliss-reactive ketones (excluding diaryl/α,β-unsaturated/α-hetero) is 1. The summed E-state index contributed by atoms with van der Waals surface area (Å²) in [5.41, 5.74) is 3.67. The van der Waals surface area contributed by atoms with Crippen LogP contribution in [0.5, 0.6) is 0 Å². The number of nitrogens with zero attached hydrogens (tertiary/aromatic N) is 3. The summed E-state index contributed by atoms with van der Waals surface area (Å²) in [5.74, 6) is -0.168. The van der Waals surface area contributed by atoms with Gasteiger partial charge in [-0.25, -0.2) is 9.78 Å². The van der Waals surface area contributed by atoms with Crippen LogP contribution in [-0.2, 0) is 11.8 Å². The highest BCUT2D eigenvalue weighted by molar-refractivity contribution is 6.00. The first-order valence-corrected chi connectivity index (χ1v) is 10.1. The standard InChI is InChI=1S/C23H25N3O3/c1-15-20-12-19(13-24-22(20)26(2)25-15)23(28)29-14-21(27)18-10-8-17(9-11-18)16-6-4-3-5-7-16/h8-13,16H,3-7,14H2,1-2H3. The van der Waals surface area contributed by atoms with Gasteiger partial charge in [-0.2, -0.15) is 5.10 Å². The van der Waals surface area contributed by atoms with Crippen LogP contribution < -0.4 is 0 Å². The van der Waals surface area contributed by atoms with Gasteiger partial charge in [-0.05, 0) is 37.3 Å². The maximum absolute atomic E-state index is 12.4. The van der Waals surface area contributed by atoms with Crippen molar-refractivity contribution in [2.45, 2.75) is 44.9 Å². The predicted molar refractivity (Wildman–Crippen MR) is 110 cm³/mol. The summed E-state index contributed by atoms with van der Waals surface area (Å²) in [6.07, 6.45) is 7.77.